The van der Waals surface area contributed by atoms with E-state index in [2.05, 4.69) is 15.6 Å². The largest absolute Gasteiger partial charge is 0.374 e. The maximum Gasteiger partial charge on any atom is 0.233 e. The number of nitrogens with one attached hydrogen (secondary N) is 1. The van der Waals surface area contributed by atoms with Crippen molar-refractivity contribution in [1.29, 1.82) is 0 Å². The van der Waals surface area contributed by atoms with Gasteiger partial charge in [0, 0.05) is 25.9 Å². The Morgan fingerprint density at radius 2 is 1.89 bits per heavy atom. The standard InChI is InChI=1S/C26H45N5O5/c1-9-26(7,8)20-14-23(33)31(24(20)34)11-10-22(32)27-15-18(2)17-35-19(3)21-16-30(29-28-21)12-13-36-25(4,5)6/h16,18-20H,9-15,17H2,1-8H3,(H,27,32). The van der Waals surface area contributed by atoms with E-state index in [-0.39, 0.29) is 66.1 Å². The van der Waals surface area contributed by atoms with Crippen LogP contribution in [0, 0.1) is 17.3 Å². The number of hydrogen-bond acceptors (Lipinski definition) is 7. The van der Waals surface area contributed by atoms with Crippen molar-refractivity contribution in [1.82, 2.24) is 25.2 Å². The molecule has 0 spiro atoms. The summed E-state index contributed by atoms with van der Waals surface area (Å²) in [4.78, 5) is 38.6. The van der Waals surface area contributed by atoms with Crippen molar-refractivity contribution in [2.45, 2.75) is 92.9 Å². The van der Waals surface area contributed by atoms with Crippen molar-refractivity contribution >= 4 is 17.7 Å². The van der Waals surface area contributed by atoms with Gasteiger partial charge in [0.05, 0.1) is 37.5 Å². The average molecular weight is 508 g/mol. The quantitative estimate of drug-likeness (QED) is 0.385. The summed E-state index contributed by atoms with van der Waals surface area (Å²) in [6.07, 6.45) is 2.77. The Balaban J connectivity index is 1.68. The molecule has 2 heterocycles. The lowest BCUT2D eigenvalue weighted by Gasteiger charge is -2.28. The summed E-state index contributed by atoms with van der Waals surface area (Å²) in [5.74, 6) is -0.760. The molecule has 3 atom stereocenters. The highest BCUT2D eigenvalue weighted by molar-refractivity contribution is 6.04. The molecule has 0 aromatic carbocycles. The summed E-state index contributed by atoms with van der Waals surface area (Å²) in [6.45, 7) is 18.2. The Morgan fingerprint density at radius 3 is 2.53 bits per heavy atom. The molecule has 1 aliphatic heterocycles. The molecule has 10 heteroatoms. The third-order valence-electron chi connectivity index (χ3n) is 6.77. The smallest absolute Gasteiger partial charge is 0.233 e. The number of amides is 3. The first-order chi connectivity index (χ1) is 16.7. The van der Waals surface area contributed by atoms with Crippen LogP contribution in [0.4, 0.5) is 0 Å². The Hall–Kier alpha value is -2.33. The molecule has 10 nitrogen and oxygen atoms in total. The highest BCUT2D eigenvalue weighted by atomic mass is 16.5. The minimum Gasteiger partial charge on any atom is -0.374 e. The Bertz CT molecular complexity index is 892. The summed E-state index contributed by atoms with van der Waals surface area (Å²) in [5, 5.41) is 11.2. The zero-order chi connectivity index (χ0) is 27.1. The van der Waals surface area contributed by atoms with Crippen LogP contribution in [0.25, 0.3) is 0 Å². The van der Waals surface area contributed by atoms with E-state index in [1.807, 2.05) is 61.6 Å². The summed E-state index contributed by atoms with van der Waals surface area (Å²) in [5.41, 5.74) is 0.320. The van der Waals surface area contributed by atoms with E-state index in [1.165, 1.54) is 4.90 Å². The molecular weight excluding hydrogens is 462 g/mol. The fraction of sp³-hybridized carbons (Fsp3) is 0.808. The second-order valence-electron chi connectivity index (χ2n) is 11.5. The lowest BCUT2D eigenvalue weighted by atomic mass is 9.76. The number of rotatable bonds is 14. The van der Waals surface area contributed by atoms with Gasteiger partial charge in [-0.15, -0.1) is 5.10 Å². The van der Waals surface area contributed by atoms with Gasteiger partial charge in [0.2, 0.25) is 17.7 Å². The second kappa shape index (κ2) is 12.8. The van der Waals surface area contributed by atoms with Crippen LogP contribution >= 0.6 is 0 Å². The van der Waals surface area contributed by atoms with Crippen molar-refractivity contribution in [2.24, 2.45) is 17.3 Å². The molecule has 2 rings (SSSR count). The Labute approximate surface area is 215 Å². The van der Waals surface area contributed by atoms with E-state index in [0.717, 1.165) is 12.1 Å². The molecule has 0 aliphatic carbocycles. The lowest BCUT2D eigenvalue weighted by Crippen LogP contribution is -2.38. The number of hydrogen-bond donors (Lipinski definition) is 1. The van der Waals surface area contributed by atoms with Crippen LogP contribution in [-0.2, 0) is 30.4 Å². The summed E-state index contributed by atoms with van der Waals surface area (Å²) in [6, 6.07) is 0. The molecule has 0 radical (unpaired) electrons. The van der Waals surface area contributed by atoms with Crippen molar-refractivity contribution in [3.05, 3.63) is 11.9 Å². The van der Waals surface area contributed by atoms with E-state index in [0.29, 0.717) is 26.3 Å². The molecule has 1 aliphatic rings. The fourth-order valence-corrected chi connectivity index (χ4v) is 3.87. The van der Waals surface area contributed by atoms with Gasteiger partial charge in [-0.1, -0.05) is 39.3 Å². The molecule has 36 heavy (non-hydrogen) atoms. The van der Waals surface area contributed by atoms with E-state index in [4.69, 9.17) is 9.47 Å². The van der Waals surface area contributed by atoms with E-state index in [1.54, 1.807) is 4.68 Å². The predicted octanol–water partition coefficient (Wildman–Crippen LogP) is 3.12. The Kier molecular flexibility index (Phi) is 10.6. The summed E-state index contributed by atoms with van der Waals surface area (Å²) < 4.78 is 13.4. The molecule has 1 aromatic heterocycles. The average Bonchev–Trinajstić information content (AvgIpc) is 3.38. The molecule has 1 saturated heterocycles. The van der Waals surface area contributed by atoms with Crippen molar-refractivity contribution in [3.8, 4) is 0 Å². The first-order valence-electron chi connectivity index (χ1n) is 13.0. The van der Waals surface area contributed by atoms with E-state index in [9.17, 15) is 14.4 Å². The third-order valence-corrected chi connectivity index (χ3v) is 6.77. The third kappa shape index (κ3) is 8.96. The van der Waals surface area contributed by atoms with Crippen molar-refractivity contribution < 1.29 is 23.9 Å². The normalized spacial score (nSPS) is 18.6. The van der Waals surface area contributed by atoms with Crippen LogP contribution in [-0.4, -0.2) is 69.5 Å². The van der Waals surface area contributed by atoms with Crippen LogP contribution in [0.2, 0.25) is 0 Å². The molecule has 1 N–H and O–H groups in total. The van der Waals surface area contributed by atoms with Gasteiger partial charge in [-0.3, -0.25) is 19.3 Å². The minimum absolute atomic E-state index is 0.0800. The first-order valence-corrected chi connectivity index (χ1v) is 13.0. The van der Waals surface area contributed by atoms with E-state index < -0.39 is 0 Å². The maximum absolute atomic E-state index is 12.7. The van der Waals surface area contributed by atoms with Crippen molar-refractivity contribution in [2.75, 3.05) is 26.3 Å². The summed E-state index contributed by atoms with van der Waals surface area (Å²) >= 11 is 0. The van der Waals surface area contributed by atoms with Gasteiger partial charge in [-0.25, -0.2) is 4.68 Å². The molecule has 3 unspecified atom stereocenters. The number of nitrogens with zero attached hydrogens (tertiary/aromatic N) is 4. The van der Waals surface area contributed by atoms with E-state index >= 15 is 0 Å². The topological polar surface area (TPSA) is 116 Å². The predicted molar refractivity (Wildman–Crippen MR) is 136 cm³/mol. The lowest BCUT2D eigenvalue weighted by molar-refractivity contribution is -0.140. The zero-order valence-corrected chi connectivity index (χ0v) is 23.3. The van der Waals surface area contributed by atoms with Gasteiger partial charge in [0.1, 0.15) is 11.8 Å². The molecule has 0 saturated carbocycles. The summed E-state index contributed by atoms with van der Waals surface area (Å²) in [7, 11) is 0. The van der Waals surface area contributed by atoms with Crippen LogP contribution < -0.4 is 5.32 Å². The maximum atomic E-state index is 12.7. The molecule has 0 bridgehead atoms. The zero-order valence-electron chi connectivity index (χ0n) is 23.3. The van der Waals surface area contributed by atoms with Crippen LogP contribution in [0.3, 0.4) is 0 Å². The van der Waals surface area contributed by atoms with Gasteiger partial charge >= 0.3 is 0 Å². The second-order valence-corrected chi connectivity index (χ2v) is 11.5. The minimum atomic E-state index is -0.310. The number of likely N-dealkylation sites (tertiary alicyclic amines) is 1. The van der Waals surface area contributed by atoms with Crippen LogP contribution in [0.5, 0.6) is 0 Å². The fourth-order valence-electron chi connectivity index (χ4n) is 3.87. The number of imide groups is 1. The number of aromatic nitrogens is 3. The number of ether oxygens (including phenoxy) is 2. The molecule has 1 aromatic rings. The van der Waals surface area contributed by atoms with Gasteiger partial charge < -0.3 is 14.8 Å². The van der Waals surface area contributed by atoms with Crippen LogP contribution in [0.1, 0.15) is 86.5 Å². The SMILES string of the molecule is CCC(C)(C)C1CC(=O)N(CCC(=O)NCC(C)COC(C)c2cn(CCOC(C)(C)C)nn2)C1=O. The molecule has 1 fully saturated rings. The van der Waals surface area contributed by atoms with Gasteiger partial charge in [0.15, 0.2) is 0 Å². The highest BCUT2D eigenvalue weighted by Crippen LogP contribution is 2.38. The van der Waals surface area contributed by atoms with Crippen molar-refractivity contribution in [3.63, 3.8) is 0 Å². The monoisotopic (exact) mass is 507 g/mol. The molecular formula is C26H45N5O5. The molecule has 3 amide bonds. The highest BCUT2D eigenvalue weighted by Gasteiger charge is 2.45. The number of carbonyl (C=O) groups is 3. The van der Waals surface area contributed by atoms with Crippen LogP contribution in [0.15, 0.2) is 6.20 Å². The Morgan fingerprint density at radius 1 is 1.19 bits per heavy atom. The molecule has 204 valence electrons. The first kappa shape index (κ1) is 29.9. The van der Waals surface area contributed by atoms with Gasteiger partial charge in [-0.05, 0) is 39.0 Å². The van der Waals surface area contributed by atoms with Gasteiger partial charge in [0.25, 0.3) is 0 Å². The van der Waals surface area contributed by atoms with Gasteiger partial charge in [-0.2, -0.15) is 0 Å². The number of carbonyl (C=O) groups excluding carboxylic acids is 3.